The second kappa shape index (κ2) is 27.5. The van der Waals surface area contributed by atoms with E-state index in [1.54, 1.807) is 0 Å². The van der Waals surface area contributed by atoms with Crippen molar-refractivity contribution in [2.45, 2.75) is 231 Å². The molecule has 0 aromatic rings. The van der Waals surface area contributed by atoms with E-state index in [2.05, 4.69) is 5.40 Å². The minimum Gasteiger partial charge on any atom is -0.337 e. The maximum atomic E-state index is 16.0. The fourth-order valence-corrected chi connectivity index (χ4v) is 10.9. The Bertz CT molecular complexity index is 3370. The molecule has 0 radical (unpaired) electrons. The van der Waals surface area contributed by atoms with E-state index in [1.165, 1.54) is 0 Å². The van der Waals surface area contributed by atoms with Gasteiger partial charge in [0.05, 0.1) is 0 Å². The highest BCUT2D eigenvalue weighted by molar-refractivity contribution is 6.84. The number of halogens is 81. The molecule has 1 nitrogen and oxygen atoms in total. The molecule has 0 aromatic carbocycles. The quantitative estimate of drug-likeness (QED) is 0.0491. The lowest BCUT2D eigenvalue weighted by atomic mass is 9.84. The summed E-state index contributed by atoms with van der Waals surface area (Å²) in [5, 5.41) is 2.15. The fourth-order valence-electron chi connectivity index (χ4n) is 7.78. The molecular formula is C39H2F81NSi. The van der Waals surface area contributed by atoms with Gasteiger partial charge in [-0.15, -0.1) is 0 Å². The topological polar surface area (TPSA) is 26.0 Å². The molecule has 0 aromatic heterocycles. The number of alkyl halides is 81. The SMILES string of the molecule is N[Si](C(F)(F)C(F)(F)C(F)(F)C(F)(F)C(F)(F)C(F)(F)C(F)(F)C(F)(F)C(F)(F)C(F)(F)C(F)(F)C(F)(F)C(F)(F)F)(C(F)(F)C(F)(F)C(F)(F)C(F)(F)C(F)(F)C(F)(F)C(F)(F)C(F)(F)C(F)(F)C(F)(F)C(F)(F)C(F)(F)C(F)(F)F)C(F)(F)C(F)(F)C(F)(F)C(F)(F)C(F)(F)C(F)(F)C(F)(F)C(F)(F)C(F)(F)C(F)(F)C(F)(F)C(F)(F)C(F)(F)F. The van der Waals surface area contributed by atoms with Crippen molar-refractivity contribution < 1.29 is 356 Å². The van der Waals surface area contributed by atoms with Gasteiger partial charge >= 0.3 is 239 Å². The Morgan fingerprint density at radius 1 is 0.0820 bits per heavy atom. The van der Waals surface area contributed by atoms with Crippen LogP contribution in [-0.2, 0) is 0 Å². The Kier molecular flexibility index (Phi) is 26.3. The maximum Gasteiger partial charge on any atom is 0.460 e. The van der Waals surface area contributed by atoms with E-state index >= 15 is 79.0 Å². The van der Waals surface area contributed by atoms with Crippen LogP contribution in [0.3, 0.4) is 0 Å². The summed E-state index contributed by atoms with van der Waals surface area (Å²) in [6.45, 7) is 0. The van der Waals surface area contributed by atoms with Crippen molar-refractivity contribution in [3.8, 4) is 0 Å². The van der Waals surface area contributed by atoms with Gasteiger partial charge in [-0.3, -0.25) is 0 Å². The largest absolute Gasteiger partial charge is 0.460 e. The third kappa shape index (κ3) is 12.4. The zero-order valence-electron chi connectivity index (χ0n) is 51.2. The molecular weight excluding hydrogens is 2050 g/mol. The summed E-state index contributed by atoms with van der Waals surface area (Å²) in [5.74, 6) is -373. The maximum absolute atomic E-state index is 16.0. The molecule has 0 amide bonds. The minimum absolute atomic E-state index is 2.15. The van der Waals surface area contributed by atoms with E-state index < -0.39 is 239 Å². The van der Waals surface area contributed by atoms with E-state index in [-0.39, 0.29) is 0 Å². The lowest BCUT2D eigenvalue weighted by Crippen LogP contribution is -2.95. The van der Waals surface area contributed by atoms with Gasteiger partial charge in [-0.05, 0) is 0 Å². The van der Waals surface area contributed by atoms with Gasteiger partial charge in [0.25, 0.3) is 0 Å². The summed E-state index contributed by atoms with van der Waals surface area (Å²) < 4.78 is 1150. The van der Waals surface area contributed by atoms with Crippen LogP contribution in [0.5, 0.6) is 0 Å². The van der Waals surface area contributed by atoms with Crippen molar-refractivity contribution in [3.05, 3.63) is 0 Å². The molecule has 0 unspecified atom stereocenters. The van der Waals surface area contributed by atoms with Crippen LogP contribution in [0.4, 0.5) is 356 Å². The van der Waals surface area contributed by atoms with Crippen LogP contribution in [0.15, 0.2) is 0 Å². The Morgan fingerprint density at radius 3 is 0.189 bits per heavy atom. The number of rotatable bonds is 36. The summed E-state index contributed by atoms with van der Waals surface area (Å²) >= 11 is 0. The molecule has 2 N–H and O–H groups in total. The monoisotopic (exact) mass is 2050 g/mol. The normalized spacial score (nSPS) is 17.8. The number of nitrogens with two attached hydrogens (primary N) is 1. The Hall–Kier alpha value is -5.49. The zero-order valence-corrected chi connectivity index (χ0v) is 52.2. The number of hydrogen-bond acceptors (Lipinski definition) is 1. The second-order valence-electron chi connectivity index (χ2n) is 23.0. The summed E-state index contributed by atoms with van der Waals surface area (Å²) in [4.78, 5) is 0. The summed E-state index contributed by atoms with van der Waals surface area (Å²) in [5.41, 5.74) is -38.4. The smallest absolute Gasteiger partial charge is 0.337 e. The van der Waals surface area contributed by atoms with Crippen LogP contribution < -0.4 is 5.40 Å². The molecule has 83 heteroatoms. The van der Waals surface area contributed by atoms with Gasteiger partial charge < -0.3 is 5.40 Å². The average molecular weight is 2050 g/mol. The van der Waals surface area contributed by atoms with Crippen LogP contribution >= 0.6 is 0 Å². The van der Waals surface area contributed by atoms with Crippen LogP contribution in [0, 0.1) is 0 Å². The second-order valence-corrected chi connectivity index (χ2v) is 26.5. The van der Waals surface area contributed by atoms with E-state index in [4.69, 9.17) is 0 Å². The molecule has 0 spiro atoms. The molecule has 0 saturated carbocycles. The van der Waals surface area contributed by atoms with Crippen molar-refractivity contribution in [1.29, 1.82) is 0 Å². The van der Waals surface area contributed by atoms with Crippen LogP contribution in [0.25, 0.3) is 0 Å². The van der Waals surface area contributed by atoms with Gasteiger partial charge in [0.15, 0.2) is 0 Å². The van der Waals surface area contributed by atoms with Crippen LogP contribution in [-0.4, -0.2) is 239 Å². The van der Waals surface area contributed by atoms with Crippen molar-refractivity contribution >= 4 is 8.24 Å². The molecule has 0 bridgehead atoms. The molecule has 0 atom stereocenters. The van der Waals surface area contributed by atoms with Gasteiger partial charge in [-0.1, -0.05) is 0 Å². The standard InChI is InChI=1S/C39H2F81NSi/c40-1(41,4(46,47)10(58,59)16(70,71)22(82,83)28(94,95)34(106,107)108)7(52,53)13(64,65)19(76,77)25(88,89)31(100,101)37(115,116)122(121,38(117,118)32(102,103)26(90,91)20(78,79)14(66,67)8(54,55)2(42,43)5(48,49)11(60,61)17(72,73)23(84,85)29(96,97)35(109,110)111)39(119,120)33(104,105)27(92,93)21(80,81)15(68,69)9(56,57)3(44,45)6(50,51)12(62,63)18(74,75)24(86,87)30(98,99)36(112,113)114/h121H2. The van der Waals surface area contributed by atoms with Crippen LogP contribution in [0.1, 0.15) is 0 Å². The van der Waals surface area contributed by atoms with Gasteiger partial charge in [0.2, 0.25) is 0 Å². The van der Waals surface area contributed by atoms with Gasteiger partial charge in [-0.2, -0.15) is 329 Å². The number of hydrogen-bond donors (Lipinski definition) is 1. The molecule has 734 valence electrons. The average Bonchev–Trinajstić information content (AvgIpc) is 0.650. The zero-order chi connectivity index (χ0) is 102. The molecule has 0 aliphatic carbocycles. The summed E-state index contributed by atoms with van der Waals surface area (Å²) in [6.07, 6.45) is -27.1. The predicted molar refractivity (Wildman–Crippen MR) is 206 cm³/mol. The molecule has 0 saturated heterocycles. The first-order chi connectivity index (χ1) is 50.8. The van der Waals surface area contributed by atoms with Gasteiger partial charge in [0, 0.05) is 0 Å². The highest BCUT2D eigenvalue weighted by atomic mass is 28.3. The van der Waals surface area contributed by atoms with Crippen molar-refractivity contribution in [3.63, 3.8) is 0 Å². The Morgan fingerprint density at radius 2 is 0.131 bits per heavy atom. The molecule has 0 aliphatic rings. The lowest BCUT2D eigenvalue weighted by Gasteiger charge is -2.53. The fraction of sp³-hybridized carbons (Fsp3) is 1.00. The van der Waals surface area contributed by atoms with Crippen molar-refractivity contribution in [1.82, 2.24) is 0 Å². The first kappa shape index (κ1) is 117. The van der Waals surface area contributed by atoms with E-state index in [9.17, 15) is 277 Å². The predicted octanol–water partition coefficient (Wildman–Crippen LogP) is 25.1. The first-order valence-electron chi connectivity index (χ1n) is 25.3. The summed E-state index contributed by atoms with van der Waals surface area (Å²) in [6, 6.07) is 0. The molecule has 122 heavy (non-hydrogen) atoms. The Labute approximate surface area is 601 Å². The third-order valence-corrected chi connectivity index (χ3v) is 19.5. The van der Waals surface area contributed by atoms with E-state index in [0.717, 1.165) is 0 Å². The van der Waals surface area contributed by atoms with E-state index in [1.807, 2.05) is 0 Å². The van der Waals surface area contributed by atoms with E-state index in [0.29, 0.717) is 0 Å². The lowest BCUT2D eigenvalue weighted by molar-refractivity contribution is -0.486. The van der Waals surface area contributed by atoms with Gasteiger partial charge in [0.1, 0.15) is 0 Å². The van der Waals surface area contributed by atoms with Gasteiger partial charge in [-0.25, -0.2) is 26.3 Å². The van der Waals surface area contributed by atoms with Crippen LogP contribution in [0.2, 0.25) is 0 Å². The first-order valence-corrected chi connectivity index (χ1v) is 27.4. The molecule has 0 heterocycles. The summed E-state index contributed by atoms with van der Waals surface area (Å²) in [7, 11) is -15.7. The molecule has 0 aliphatic heterocycles. The molecule has 0 fully saturated rings. The highest BCUT2D eigenvalue weighted by Gasteiger charge is 3.10. The highest BCUT2D eigenvalue weighted by Crippen LogP contribution is 2.77. The van der Waals surface area contributed by atoms with Crippen molar-refractivity contribution in [2.75, 3.05) is 0 Å². The van der Waals surface area contributed by atoms with Crippen molar-refractivity contribution in [2.24, 2.45) is 5.40 Å². The third-order valence-electron chi connectivity index (χ3n) is 15.6. The Balaban J connectivity index is 10.7. The minimum atomic E-state index is -15.7. The molecule has 0 rings (SSSR count).